The van der Waals surface area contributed by atoms with Crippen LogP contribution in [0, 0.1) is 13.0 Å². The van der Waals surface area contributed by atoms with Gasteiger partial charge in [-0.15, -0.1) is 0 Å². The Bertz CT molecular complexity index is 1980. The minimum Gasteiger partial charge on any atom is -0.456 e. The summed E-state index contributed by atoms with van der Waals surface area (Å²) in [5.74, 6) is 0.549. The molecule has 2 nitrogen and oxygen atoms in total. The highest BCUT2D eigenvalue weighted by Gasteiger charge is 2.20. The van der Waals surface area contributed by atoms with Gasteiger partial charge in [-0.1, -0.05) is 98.8 Å². The maximum absolute atomic E-state index is 6.54. The van der Waals surface area contributed by atoms with Crippen molar-refractivity contribution in [2.24, 2.45) is 5.92 Å². The van der Waals surface area contributed by atoms with Crippen molar-refractivity contribution in [1.82, 2.24) is 0 Å². The van der Waals surface area contributed by atoms with Gasteiger partial charge in [0, 0.05) is 28.8 Å². The van der Waals surface area contributed by atoms with Crippen LogP contribution in [-0.2, 0) is 6.42 Å². The molecule has 0 fully saturated rings. The van der Waals surface area contributed by atoms with Crippen molar-refractivity contribution in [1.29, 1.82) is 0 Å². The van der Waals surface area contributed by atoms with E-state index in [4.69, 9.17) is 4.42 Å². The number of rotatable bonds is 4. The molecule has 0 spiro atoms. The zero-order chi connectivity index (χ0) is 25.8. The maximum Gasteiger partial charge on any atom is 0.136 e. The van der Waals surface area contributed by atoms with Gasteiger partial charge in [0.05, 0.1) is 0 Å². The second-order valence-corrected chi connectivity index (χ2v) is 10.6. The van der Waals surface area contributed by atoms with Crippen LogP contribution >= 0.6 is 0 Å². The SMILES string of the molecule is [CH2-][n+]1c(-c2cc(CC(C)C)cc3c2oc2ccccc23)cc(-c2ccccc2)c2c3ccccc3ccc21. The lowest BCUT2D eigenvalue weighted by atomic mass is 9.92. The van der Waals surface area contributed by atoms with Gasteiger partial charge < -0.3 is 8.98 Å². The molecular weight excluding hydrogens is 462 g/mol. The molecule has 7 rings (SSSR count). The summed E-state index contributed by atoms with van der Waals surface area (Å²) in [6.07, 6.45) is 1.00. The van der Waals surface area contributed by atoms with Crippen LogP contribution in [0.4, 0.5) is 0 Å². The fraction of sp³-hybridized carbons (Fsp3) is 0.111. The minimum atomic E-state index is 0.549. The minimum absolute atomic E-state index is 0.549. The molecule has 0 amide bonds. The third-order valence-corrected chi connectivity index (χ3v) is 7.58. The van der Waals surface area contributed by atoms with E-state index in [1.807, 2.05) is 6.07 Å². The van der Waals surface area contributed by atoms with Crippen LogP contribution in [0.15, 0.2) is 114 Å². The number of benzene rings is 5. The van der Waals surface area contributed by atoms with Crippen LogP contribution in [0.3, 0.4) is 0 Å². The van der Waals surface area contributed by atoms with E-state index in [1.54, 1.807) is 0 Å². The lowest BCUT2D eigenvalue weighted by molar-refractivity contribution is -0.572. The van der Waals surface area contributed by atoms with Crippen LogP contribution in [0.2, 0.25) is 0 Å². The second-order valence-electron chi connectivity index (χ2n) is 10.6. The molecular formula is C36H29NO. The van der Waals surface area contributed by atoms with Crippen LogP contribution in [-0.4, -0.2) is 0 Å². The number of fused-ring (bicyclic) bond motifs is 6. The predicted octanol–water partition coefficient (Wildman–Crippen LogP) is 9.35. The summed E-state index contributed by atoms with van der Waals surface area (Å²) < 4.78 is 8.63. The molecule has 2 aromatic heterocycles. The number of nitrogens with zero attached hydrogens (tertiary/aromatic N) is 1. The van der Waals surface area contributed by atoms with Gasteiger partial charge in [0.15, 0.2) is 0 Å². The average molecular weight is 492 g/mol. The fourth-order valence-corrected chi connectivity index (χ4v) is 5.92. The van der Waals surface area contributed by atoms with Gasteiger partial charge in [0.2, 0.25) is 0 Å². The molecule has 2 heteroatoms. The lowest BCUT2D eigenvalue weighted by Crippen LogP contribution is -2.30. The number of pyridine rings is 1. The van der Waals surface area contributed by atoms with Gasteiger partial charge in [-0.05, 0) is 64.1 Å². The third kappa shape index (κ3) is 3.56. The molecule has 0 saturated carbocycles. The third-order valence-electron chi connectivity index (χ3n) is 7.58. The van der Waals surface area contributed by atoms with Crippen LogP contribution in [0.1, 0.15) is 19.4 Å². The maximum atomic E-state index is 6.54. The zero-order valence-electron chi connectivity index (χ0n) is 21.7. The number of aromatic nitrogens is 1. The van der Waals surface area contributed by atoms with Gasteiger partial charge in [0.1, 0.15) is 22.4 Å². The predicted molar refractivity (Wildman–Crippen MR) is 159 cm³/mol. The molecule has 0 saturated heterocycles. The van der Waals surface area contributed by atoms with E-state index in [2.05, 4.69) is 129 Å². The van der Waals surface area contributed by atoms with Crippen molar-refractivity contribution in [3.8, 4) is 22.4 Å². The van der Waals surface area contributed by atoms with Gasteiger partial charge in [-0.25, -0.2) is 0 Å². The summed E-state index contributed by atoms with van der Waals surface area (Å²) in [6.45, 7) is 4.54. The summed E-state index contributed by atoms with van der Waals surface area (Å²) in [5.41, 5.74) is 8.75. The van der Waals surface area contributed by atoms with Crippen molar-refractivity contribution in [2.75, 3.05) is 0 Å². The van der Waals surface area contributed by atoms with Crippen LogP contribution in [0.25, 0.3) is 66.0 Å². The highest BCUT2D eigenvalue weighted by molar-refractivity contribution is 6.14. The largest absolute Gasteiger partial charge is 0.456 e. The van der Waals surface area contributed by atoms with Crippen molar-refractivity contribution in [3.05, 3.63) is 122 Å². The number of hydrogen-bond acceptors (Lipinski definition) is 1. The van der Waals surface area contributed by atoms with Crippen LogP contribution in [0.5, 0.6) is 0 Å². The van der Waals surface area contributed by atoms with E-state index < -0.39 is 0 Å². The smallest absolute Gasteiger partial charge is 0.136 e. The number of para-hydroxylation sites is 1. The Hall–Kier alpha value is -4.56. The van der Waals surface area contributed by atoms with Gasteiger partial charge in [-0.2, -0.15) is 0 Å². The average Bonchev–Trinajstić information content (AvgIpc) is 3.32. The molecule has 0 bridgehead atoms. The molecule has 0 atom stereocenters. The first-order valence-corrected chi connectivity index (χ1v) is 13.3. The number of hydrogen-bond donors (Lipinski definition) is 0. The molecule has 7 aromatic rings. The molecule has 0 aliphatic rings. The van der Waals surface area contributed by atoms with Gasteiger partial charge in [-0.3, -0.25) is 0 Å². The Labute approximate surface area is 222 Å². The lowest BCUT2D eigenvalue weighted by Gasteiger charge is -2.19. The second kappa shape index (κ2) is 8.78. The van der Waals surface area contributed by atoms with Crippen molar-refractivity contribution in [3.63, 3.8) is 0 Å². The zero-order valence-corrected chi connectivity index (χ0v) is 21.7. The van der Waals surface area contributed by atoms with Gasteiger partial charge in [0.25, 0.3) is 0 Å². The Kier molecular flexibility index (Phi) is 5.23. The first-order valence-electron chi connectivity index (χ1n) is 13.3. The Morgan fingerprint density at radius 3 is 2.26 bits per heavy atom. The van der Waals surface area contributed by atoms with E-state index >= 15 is 0 Å². The standard InChI is InChI=1S/C36H29NO/c1-23(2)19-24-20-30-28-15-9-10-16-34(28)38-36(30)31(21-24)33-22-29(25-11-5-4-6-12-25)35-27-14-8-7-13-26(27)17-18-32(35)37(33)3/h4-18,20-23H,3,19H2,1-2H3. The first-order chi connectivity index (χ1) is 18.6. The molecule has 0 aliphatic carbocycles. The summed E-state index contributed by atoms with van der Waals surface area (Å²) in [5, 5.41) is 5.99. The van der Waals surface area contributed by atoms with E-state index in [0.29, 0.717) is 5.92 Å². The summed E-state index contributed by atoms with van der Waals surface area (Å²) >= 11 is 0. The first kappa shape index (κ1) is 22.6. The summed E-state index contributed by atoms with van der Waals surface area (Å²) in [4.78, 5) is 0. The van der Waals surface area contributed by atoms with Crippen molar-refractivity contribution < 1.29 is 8.98 Å². The molecule has 0 unspecified atom stereocenters. The van der Waals surface area contributed by atoms with Crippen molar-refractivity contribution in [2.45, 2.75) is 20.3 Å². The topological polar surface area (TPSA) is 17.0 Å². The highest BCUT2D eigenvalue weighted by Crippen LogP contribution is 2.40. The molecule has 0 radical (unpaired) electrons. The van der Waals surface area contributed by atoms with E-state index in [-0.39, 0.29) is 0 Å². The van der Waals surface area contributed by atoms with Crippen LogP contribution < -0.4 is 4.57 Å². The molecule has 38 heavy (non-hydrogen) atoms. The Morgan fingerprint density at radius 1 is 0.711 bits per heavy atom. The summed E-state index contributed by atoms with van der Waals surface area (Å²) in [6, 6.07) is 38.9. The Morgan fingerprint density at radius 2 is 1.45 bits per heavy atom. The van der Waals surface area contributed by atoms with E-state index in [0.717, 1.165) is 45.1 Å². The molecule has 184 valence electrons. The monoisotopic (exact) mass is 491 g/mol. The molecule has 2 heterocycles. The van der Waals surface area contributed by atoms with E-state index in [9.17, 15) is 0 Å². The highest BCUT2D eigenvalue weighted by atomic mass is 16.3. The Balaban J connectivity index is 1.63. The van der Waals surface area contributed by atoms with Crippen molar-refractivity contribution >= 4 is 43.6 Å². The summed E-state index contributed by atoms with van der Waals surface area (Å²) in [7, 11) is 4.59. The normalized spacial score (nSPS) is 11.9. The fourth-order valence-electron chi connectivity index (χ4n) is 5.92. The molecule has 5 aromatic carbocycles. The quantitative estimate of drug-likeness (QED) is 0.136. The molecule has 0 aliphatic heterocycles. The number of furan rings is 1. The van der Waals surface area contributed by atoms with Gasteiger partial charge >= 0.3 is 0 Å². The van der Waals surface area contributed by atoms with E-state index in [1.165, 1.54) is 32.8 Å². The molecule has 0 N–H and O–H groups in total.